The summed E-state index contributed by atoms with van der Waals surface area (Å²) in [5.41, 5.74) is 1.97. The number of allylic oxidation sites excluding steroid dienone is 1. The predicted octanol–water partition coefficient (Wildman–Crippen LogP) is 4.32. The Hall–Kier alpha value is -4.20. The third kappa shape index (κ3) is 7.40. The molecule has 0 fully saturated rings. The van der Waals surface area contributed by atoms with Crippen LogP contribution in [0.15, 0.2) is 48.2 Å². The Morgan fingerprint density at radius 3 is 2.56 bits per heavy atom. The average molecular weight is 531 g/mol. The number of hydrazone groups is 1. The number of hydrogen-bond acceptors (Lipinski definition) is 6. The molecule has 0 saturated heterocycles. The number of urea groups is 1. The Bertz CT molecular complexity index is 1210. The highest BCUT2D eigenvalue weighted by atomic mass is 35.5. The molecule has 1 heterocycles. The summed E-state index contributed by atoms with van der Waals surface area (Å²) in [6, 6.07) is 3.75. The van der Waals surface area contributed by atoms with Gasteiger partial charge in [0.1, 0.15) is 0 Å². The lowest BCUT2D eigenvalue weighted by Crippen LogP contribution is -2.42. The van der Waals surface area contributed by atoms with E-state index in [1.807, 2.05) is 10.9 Å². The zero-order valence-corrected chi connectivity index (χ0v) is 19.5. The molecule has 0 aliphatic rings. The van der Waals surface area contributed by atoms with Crippen molar-refractivity contribution in [2.75, 3.05) is 12.4 Å². The molecule has 192 valence electrons. The van der Waals surface area contributed by atoms with Crippen LogP contribution in [0, 0.1) is 12.9 Å². The van der Waals surface area contributed by atoms with Crippen LogP contribution in [0.4, 0.5) is 32.8 Å². The molecule has 36 heavy (non-hydrogen) atoms. The van der Waals surface area contributed by atoms with Crippen molar-refractivity contribution < 1.29 is 36.7 Å². The van der Waals surface area contributed by atoms with Crippen LogP contribution in [0.25, 0.3) is 0 Å². The van der Waals surface area contributed by atoms with Crippen LogP contribution in [0.3, 0.4) is 0 Å². The standard InChI is InChI=1S/C21H19ClF4N6O4/c1-4-15(21(24,25)26)31-32(10-12-6-5-7-27-17(12)23)19(34)28-16-11(2)8-13(22)9-14(16)18(33)29-30-20(35)36-3/h4-9H,1,10H2,2-3H3,(H,28,34)(H,29,33)(H,30,35)/b31-15+. The number of rotatable bonds is 6. The number of aryl methyl sites for hydroxylation is 1. The van der Waals surface area contributed by atoms with E-state index in [1.165, 1.54) is 25.1 Å². The number of hydrazine groups is 1. The molecule has 0 saturated carbocycles. The molecule has 10 nitrogen and oxygen atoms in total. The molecule has 3 N–H and O–H groups in total. The Morgan fingerprint density at radius 2 is 1.97 bits per heavy atom. The van der Waals surface area contributed by atoms with Crippen molar-refractivity contribution >= 4 is 41.0 Å². The van der Waals surface area contributed by atoms with Gasteiger partial charge in [0.15, 0.2) is 5.71 Å². The molecule has 0 radical (unpaired) electrons. The molecule has 0 unspecified atom stereocenters. The highest BCUT2D eigenvalue weighted by Crippen LogP contribution is 2.27. The Kier molecular flexibility index (Phi) is 9.32. The smallest absolute Gasteiger partial charge is 0.435 e. The number of aromatic nitrogens is 1. The minimum Gasteiger partial charge on any atom is -0.452 e. The fourth-order valence-corrected chi connectivity index (χ4v) is 2.95. The summed E-state index contributed by atoms with van der Waals surface area (Å²) in [4.78, 5) is 40.3. The fourth-order valence-electron chi connectivity index (χ4n) is 2.68. The second-order valence-corrected chi connectivity index (χ2v) is 7.28. The van der Waals surface area contributed by atoms with E-state index >= 15 is 0 Å². The van der Waals surface area contributed by atoms with Gasteiger partial charge in [0.25, 0.3) is 5.91 Å². The summed E-state index contributed by atoms with van der Waals surface area (Å²) in [6.45, 7) is 3.74. The lowest BCUT2D eigenvalue weighted by molar-refractivity contribution is -0.0587. The molecular weight excluding hydrogens is 512 g/mol. The summed E-state index contributed by atoms with van der Waals surface area (Å²) in [5.74, 6) is -1.98. The third-order valence-corrected chi connectivity index (χ3v) is 4.56. The highest BCUT2D eigenvalue weighted by molar-refractivity contribution is 6.31. The van der Waals surface area contributed by atoms with Crippen molar-refractivity contribution in [3.63, 3.8) is 0 Å². The van der Waals surface area contributed by atoms with E-state index in [0.717, 1.165) is 19.4 Å². The number of amides is 4. The summed E-state index contributed by atoms with van der Waals surface area (Å²) in [6.07, 6.45) is -4.49. The van der Waals surface area contributed by atoms with Crippen LogP contribution >= 0.6 is 11.6 Å². The number of anilines is 1. The Labute approximate surface area is 206 Å². The number of pyridine rings is 1. The summed E-state index contributed by atoms with van der Waals surface area (Å²) < 4.78 is 58.3. The second-order valence-electron chi connectivity index (χ2n) is 6.84. The van der Waals surface area contributed by atoms with Crippen LogP contribution in [0.2, 0.25) is 5.02 Å². The van der Waals surface area contributed by atoms with E-state index in [-0.39, 0.29) is 27.4 Å². The van der Waals surface area contributed by atoms with Gasteiger partial charge in [-0.25, -0.2) is 25.0 Å². The first-order valence-corrected chi connectivity index (χ1v) is 10.2. The van der Waals surface area contributed by atoms with Crippen molar-refractivity contribution in [1.82, 2.24) is 20.8 Å². The van der Waals surface area contributed by atoms with E-state index in [9.17, 15) is 31.9 Å². The molecule has 1 aromatic heterocycles. The van der Waals surface area contributed by atoms with Gasteiger partial charge in [0.05, 0.1) is 24.9 Å². The van der Waals surface area contributed by atoms with E-state index in [0.29, 0.717) is 11.1 Å². The molecule has 1 aromatic carbocycles. The van der Waals surface area contributed by atoms with E-state index in [2.05, 4.69) is 26.7 Å². The molecule has 0 bridgehead atoms. The second kappa shape index (κ2) is 12.0. The van der Waals surface area contributed by atoms with Gasteiger partial charge < -0.3 is 10.1 Å². The van der Waals surface area contributed by atoms with Gasteiger partial charge in [0.2, 0.25) is 5.95 Å². The lowest BCUT2D eigenvalue weighted by Gasteiger charge is -2.22. The maximum Gasteiger partial charge on any atom is 0.435 e. The molecule has 2 aromatic rings. The topological polar surface area (TPSA) is 125 Å². The van der Waals surface area contributed by atoms with Crippen LogP contribution in [0.5, 0.6) is 0 Å². The summed E-state index contributed by atoms with van der Waals surface area (Å²) >= 11 is 6.00. The number of nitrogens with zero attached hydrogens (tertiary/aromatic N) is 3. The van der Waals surface area contributed by atoms with Gasteiger partial charge in [-0.2, -0.15) is 22.7 Å². The van der Waals surface area contributed by atoms with Crippen molar-refractivity contribution in [2.24, 2.45) is 5.10 Å². The number of alkyl halides is 3. The first-order chi connectivity index (χ1) is 16.9. The molecule has 0 aliphatic heterocycles. The van der Waals surface area contributed by atoms with Crippen LogP contribution in [0.1, 0.15) is 21.5 Å². The largest absolute Gasteiger partial charge is 0.452 e. The molecule has 2 rings (SSSR count). The van der Waals surface area contributed by atoms with Crippen molar-refractivity contribution in [1.29, 1.82) is 0 Å². The monoisotopic (exact) mass is 530 g/mol. The normalized spacial score (nSPS) is 11.4. The van der Waals surface area contributed by atoms with Gasteiger partial charge in [-0.1, -0.05) is 24.2 Å². The maximum absolute atomic E-state index is 14.1. The first kappa shape index (κ1) is 28.0. The van der Waals surface area contributed by atoms with Crippen molar-refractivity contribution in [3.05, 3.63) is 70.8 Å². The van der Waals surface area contributed by atoms with Crippen LogP contribution < -0.4 is 16.2 Å². The van der Waals surface area contributed by atoms with Gasteiger partial charge in [0, 0.05) is 16.8 Å². The first-order valence-electron chi connectivity index (χ1n) is 9.78. The quantitative estimate of drug-likeness (QED) is 0.222. The molecule has 0 aliphatic carbocycles. The van der Waals surface area contributed by atoms with Crippen LogP contribution in [-0.4, -0.2) is 47.0 Å². The number of ether oxygens (including phenoxy) is 1. The minimum absolute atomic E-state index is 0.0760. The predicted molar refractivity (Wildman–Crippen MR) is 122 cm³/mol. The lowest BCUT2D eigenvalue weighted by atomic mass is 10.1. The zero-order valence-electron chi connectivity index (χ0n) is 18.7. The zero-order chi connectivity index (χ0) is 27.0. The average Bonchev–Trinajstić information content (AvgIpc) is 2.81. The van der Waals surface area contributed by atoms with E-state index in [4.69, 9.17) is 11.6 Å². The minimum atomic E-state index is -4.98. The van der Waals surface area contributed by atoms with Gasteiger partial charge in [-0.05, 0) is 36.8 Å². The summed E-state index contributed by atoms with van der Waals surface area (Å²) in [5, 5.41) is 5.95. The molecule has 0 atom stereocenters. The van der Waals surface area contributed by atoms with Crippen molar-refractivity contribution in [2.45, 2.75) is 19.6 Å². The van der Waals surface area contributed by atoms with Gasteiger partial charge in [-0.15, -0.1) is 0 Å². The van der Waals surface area contributed by atoms with E-state index in [1.54, 1.807) is 0 Å². The SMILES string of the molecule is C=C/C(=N\N(Cc1cccnc1F)C(=O)Nc1c(C)cc(Cl)cc1C(=O)NNC(=O)OC)C(F)(F)F. The Balaban J connectivity index is 2.48. The van der Waals surface area contributed by atoms with Crippen molar-refractivity contribution in [3.8, 4) is 0 Å². The maximum atomic E-state index is 14.1. The van der Waals surface area contributed by atoms with Crippen LogP contribution in [-0.2, 0) is 11.3 Å². The highest BCUT2D eigenvalue weighted by Gasteiger charge is 2.35. The number of halogens is 5. The van der Waals surface area contributed by atoms with Gasteiger partial charge in [-0.3, -0.25) is 10.2 Å². The number of nitrogens with one attached hydrogen (secondary N) is 3. The molecular formula is C21H19ClF4N6O4. The number of methoxy groups -OCH3 is 1. The number of carbonyl (C=O) groups excluding carboxylic acids is 3. The Morgan fingerprint density at radius 1 is 1.28 bits per heavy atom. The number of hydrogen-bond donors (Lipinski definition) is 3. The molecule has 15 heteroatoms. The van der Waals surface area contributed by atoms with E-state index < -0.39 is 42.4 Å². The summed E-state index contributed by atoms with van der Waals surface area (Å²) in [7, 11) is 1.05. The number of carbonyl (C=O) groups is 3. The third-order valence-electron chi connectivity index (χ3n) is 4.34. The van der Waals surface area contributed by atoms with Gasteiger partial charge >= 0.3 is 18.3 Å². The molecule has 4 amide bonds. The molecule has 0 spiro atoms. The fraction of sp³-hybridized carbons (Fsp3) is 0.190. The number of benzene rings is 1.